The molecule has 1 aliphatic heterocycles. The molecular formula is C27H30FNO2. The van der Waals surface area contributed by atoms with Crippen molar-refractivity contribution in [2.24, 2.45) is 29.6 Å². The van der Waals surface area contributed by atoms with Gasteiger partial charge in [-0.2, -0.15) is 0 Å². The highest BCUT2D eigenvalue weighted by atomic mass is 19.1. The monoisotopic (exact) mass is 419 g/mol. The minimum Gasteiger partial charge on any atom is -0.462 e. The fraction of sp³-hybridized carbons (Fsp3) is 0.444. The number of carbonyl (C=O) groups is 1. The minimum absolute atomic E-state index is 0.00322. The molecule has 0 radical (unpaired) electrons. The summed E-state index contributed by atoms with van der Waals surface area (Å²) in [6, 6.07) is 10.7. The molecule has 2 heterocycles. The molecule has 3 nitrogen and oxygen atoms in total. The predicted molar refractivity (Wildman–Crippen MR) is 121 cm³/mol. The minimum atomic E-state index is -0.231. The number of H-pyrrole nitrogens is 1. The number of allylic oxidation sites excluding steroid dienone is 1. The second kappa shape index (κ2) is 9.14. The number of aromatic amines is 1. The van der Waals surface area contributed by atoms with Crippen LogP contribution in [0.2, 0.25) is 0 Å². The Morgan fingerprint density at radius 3 is 2.77 bits per heavy atom. The largest absolute Gasteiger partial charge is 0.462 e. The van der Waals surface area contributed by atoms with Crippen LogP contribution < -0.4 is 0 Å². The SMILES string of the molecule is C#C.C[C@H]1OC(=O)[C@@H]2CC3CCCCC3[C@H](/C=C/c3ccc(-c4cccc(F)c4)[nH]3)[C@H]12. The van der Waals surface area contributed by atoms with Gasteiger partial charge in [0.25, 0.3) is 0 Å². The molecule has 1 aromatic heterocycles. The van der Waals surface area contributed by atoms with Crippen molar-refractivity contribution in [3.63, 3.8) is 0 Å². The van der Waals surface area contributed by atoms with Crippen molar-refractivity contribution in [1.29, 1.82) is 0 Å². The number of hydrogen-bond acceptors (Lipinski definition) is 2. The number of terminal acetylenes is 1. The van der Waals surface area contributed by atoms with Gasteiger partial charge in [0.05, 0.1) is 5.92 Å². The van der Waals surface area contributed by atoms with Gasteiger partial charge in [0.15, 0.2) is 0 Å². The van der Waals surface area contributed by atoms with Crippen LogP contribution in [0.25, 0.3) is 17.3 Å². The Labute approximate surface area is 184 Å². The van der Waals surface area contributed by atoms with Crippen LogP contribution in [-0.2, 0) is 9.53 Å². The molecule has 6 atom stereocenters. The molecule has 0 spiro atoms. The third kappa shape index (κ3) is 4.19. The first-order valence-corrected chi connectivity index (χ1v) is 11.3. The maximum absolute atomic E-state index is 13.5. The van der Waals surface area contributed by atoms with Crippen molar-refractivity contribution in [2.75, 3.05) is 0 Å². The van der Waals surface area contributed by atoms with Gasteiger partial charge < -0.3 is 9.72 Å². The van der Waals surface area contributed by atoms with E-state index in [0.717, 1.165) is 23.4 Å². The van der Waals surface area contributed by atoms with Gasteiger partial charge in [0.1, 0.15) is 11.9 Å². The van der Waals surface area contributed by atoms with E-state index < -0.39 is 0 Å². The normalized spacial score (nSPS) is 31.9. The standard InChI is InChI=1S/C25H28FNO2.C2H2/c1-15-24-21(20-8-3-2-5-16(20)14-22(24)25(28)29-15)11-9-19-10-12-23(27-19)17-6-4-7-18(26)13-17;1-2/h4,6-7,9-13,15-16,20-22,24,27H,2-3,5,8,14H2,1H3;1-2H/b11-9+;/t15-,16?,20?,21+,22-,24+;/m1./s1. The first kappa shape index (κ1) is 21.4. The molecule has 1 saturated heterocycles. The smallest absolute Gasteiger partial charge is 0.309 e. The van der Waals surface area contributed by atoms with Crippen LogP contribution in [0.5, 0.6) is 0 Å². The van der Waals surface area contributed by atoms with E-state index in [2.05, 4.69) is 36.9 Å². The number of carbonyl (C=O) groups excluding carboxylic acids is 1. The number of hydrogen-bond donors (Lipinski definition) is 1. The van der Waals surface area contributed by atoms with Crippen molar-refractivity contribution in [2.45, 2.75) is 45.1 Å². The van der Waals surface area contributed by atoms with E-state index in [0.29, 0.717) is 17.8 Å². The number of aromatic nitrogens is 1. The summed E-state index contributed by atoms with van der Waals surface area (Å²) in [6.07, 6.45) is 18.5. The predicted octanol–water partition coefficient (Wildman–Crippen LogP) is 6.09. The maximum Gasteiger partial charge on any atom is 0.309 e. The Kier molecular flexibility index (Phi) is 6.32. The Balaban J connectivity index is 0.00000112. The van der Waals surface area contributed by atoms with Crippen molar-refractivity contribution in [3.8, 4) is 24.1 Å². The van der Waals surface area contributed by atoms with E-state index in [-0.39, 0.29) is 29.7 Å². The molecule has 1 N–H and O–H groups in total. The van der Waals surface area contributed by atoms with Gasteiger partial charge in [-0.05, 0) is 67.9 Å². The van der Waals surface area contributed by atoms with Crippen LogP contribution in [0.3, 0.4) is 0 Å². The molecular weight excluding hydrogens is 389 g/mol. The molecule has 31 heavy (non-hydrogen) atoms. The van der Waals surface area contributed by atoms with Gasteiger partial charge in [-0.3, -0.25) is 4.79 Å². The number of esters is 1. The van der Waals surface area contributed by atoms with Gasteiger partial charge >= 0.3 is 5.97 Å². The Morgan fingerprint density at radius 2 is 1.97 bits per heavy atom. The molecule has 2 aromatic rings. The summed E-state index contributed by atoms with van der Waals surface area (Å²) in [5.41, 5.74) is 2.77. The lowest BCUT2D eigenvalue weighted by molar-refractivity contribution is -0.144. The van der Waals surface area contributed by atoms with E-state index in [9.17, 15) is 9.18 Å². The lowest BCUT2D eigenvalue weighted by Gasteiger charge is -2.45. The topological polar surface area (TPSA) is 42.1 Å². The van der Waals surface area contributed by atoms with E-state index in [1.54, 1.807) is 12.1 Å². The molecule has 2 unspecified atom stereocenters. The Morgan fingerprint density at radius 1 is 1.16 bits per heavy atom. The third-order valence-corrected chi connectivity index (χ3v) is 7.42. The average Bonchev–Trinajstić information content (AvgIpc) is 3.37. The highest BCUT2D eigenvalue weighted by molar-refractivity contribution is 5.75. The van der Waals surface area contributed by atoms with Crippen molar-refractivity contribution >= 4 is 12.0 Å². The maximum atomic E-state index is 13.5. The molecule has 3 fully saturated rings. The molecule has 3 aliphatic rings. The number of cyclic esters (lactones) is 1. The Bertz CT molecular complexity index is 974. The number of halogens is 1. The van der Waals surface area contributed by atoms with Crippen molar-refractivity contribution < 1.29 is 13.9 Å². The van der Waals surface area contributed by atoms with Crippen LogP contribution >= 0.6 is 0 Å². The summed E-state index contributed by atoms with van der Waals surface area (Å²) in [5.74, 6) is 1.80. The first-order chi connectivity index (χ1) is 15.1. The van der Waals surface area contributed by atoms with Gasteiger partial charge in [0, 0.05) is 22.9 Å². The van der Waals surface area contributed by atoms with Crippen molar-refractivity contribution in [3.05, 3.63) is 54.0 Å². The zero-order valence-corrected chi connectivity index (χ0v) is 18.0. The van der Waals surface area contributed by atoms with E-state index in [1.807, 2.05) is 18.2 Å². The van der Waals surface area contributed by atoms with Gasteiger partial charge in [-0.15, -0.1) is 12.8 Å². The highest BCUT2D eigenvalue weighted by Gasteiger charge is 2.53. The molecule has 162 valence electrons. The van der Waals surface area contributed by atoms with E-state index >= 15 is 0 Å². The van der Waals surface area contributed by atoms with Crippen molar-refractivity contribution in [1.82, 2.24) is 4.98 Å². The average molecular weight is 420 g/mol. The van der Waals surface area contributed by atoms with Gasteiger partial charge in [-0.25, -0.2) is 4.39 Å². The van der Waals surface area contributed by atoms with Gasteiger partial charge in [-0.1, -0.05) is 37.5 Å². The van der Waals surface area contributed by atoms with Crippen LogP contribution in [0.15, 0.2) is 42.5 Å². The lowest BCUT2D eigenvalue weighted by Crippen LogP contribution is -2.42. The number of benzene rings is 1. The van der Waals surface area contributed by atoms with Crippen LogP contribution in [-0.4, -0.2) is 17.1 Å². The fourth-order valence-corrected chi connectivity index (χ4v) is 6.13. The third-order valence-electron chi connectivity index (χ3n) is 7.42. The second-order valence-electron chi connectivity index (χ2n) is 9.04. The molecule has 2 aliphatic carbocycles. The van der Waals surface area contributed by atoms with E-state index in [1.165, 1.54) is 31.7 Å². The van der Waals surface area contributed by atoms with Crippen LogP contribution in [0.4, 0.5) is 4.39 Å². The van der Waals surface area contributed by atoms with Crippen LogP contribution in [0, 0.1) is 48.3 Å². The number of rotatable bonds is 3. The molecule has 1 aromatic carbocycles. The quantitative estimate of drug-likeness (QED) is 0.483. The highest BCUT2D eigenvalue weighted by Crippen LogP contribution is 2.53. The summed E-state index contributed by atoms with van der Waals surface area (Å²) >= 11 is 0. The zero-order valence-electron chi connectivity index (χ0n) is 18.0. The fourth-order valence-electron chi connectivity index (χ4n) is 6.13. The lowest BCUT2D eigenvalue weighted by atomic mass is 9.57. The molecule has 4 heteroatoms. The van der Waals surface area contributed by atoms with Crippen LogP contribution in [0.1, 0.15) is 44.7 Å². The summed E-state index contributed by atoms with van der Waals surface area (Å²) in [4.78, 5) is 15.8. The first-order valence-electron chi connectivity index (χ1n) is 11.3. The molecule has 0 amide bonds. The second-order valence-corrected chi connectivity index (χ2v) is 9.04. The van der Waals surface area contributed by atoms with Gasteiger partial charge in [0.2, 0.25) is 0 Å². The summed E-state index contributed by atoms with van der Waals surface area (Å²) in [7, 11) is 0. The Hall–Kier alpha value is -2.80. The zero-order chi connectivity index (χ0) is 22.0. The summed E-state index contributed by atoms with van der Waals surface area (Å²) in [6.45, 7) is 2.06. The molecule has 5 rings (SSSR count). The number of ether oxygens (including phenoxy) is 1. The summed E-state index contributed by atoms with van der Waals surface area (Å²) < 4.78 is 19.2. The van der Waals surface area contributed by atoms with E-state index in [4.69, 9.17) is 4.74 Å². The molecule has 2 saturated carbocycles. The molecule has 0 bridgehead atoms. The number of nitrogens with one attached hydrogen (secondary N) is 1. The summed E-state index contributed by atoms with van der Waals surface area (Å²) in [5, 5.41) is 0. The number of fused-ring (bicyclic) bond motifs is 2.